The zero-order valence-electron chi connectivity index (χ0n) is 8.51. The average Bonchev–Trinajstić information content (AvgIpc) is 2.52. The number of aliphatic hydroxyl groups excluding tert-OH is 1. The van der Waals surface area contributed by atoms with Crippen LogP contribution in [0.15, 0.2) is 0 Å². The molecule has 0 aromatic rings. The Morgan fingerprint density at radius 3 is 2.67 bits per heavy atom. The molecule has 0 radical (unpaired) electrons. The molecule has 1 saturated heterocycles. The lowest BCUT2D eigenvalue weighted by Crippen LogP contribution is -2.47. The molecule has 0 aromatic heterocycles. The number of hydrogen-bond acceptors (Lipinski definition) is 2. The summed E-state index contributed by atoms with van der Waals surface area (Å²) in [5.74, 6) is 0. The van der Waals surface area contributed by atoms with Crippen molar-refractivity contribution in [2.75, 3.05) is 13.2 Å². The van der Waals surface area contributed by atoms with E-state index in [1.165, 1.54) is 12.8 Å². The fraction of sp³-hybridized carbons (Fsp3) is 1.00. The minimum Gasteiger partial charge on any atom is -0.395 e. The van der Waals surface area contributed by atoms with Gasteiger partial charge in [-0.1, -0.05) is 6.92 Å². The predicted molar refractivity (Wildman–Crippen MR) is 51.2 cm³/mol. The molecule has 1 rings (SSSR count). The minimum absolute atomic E-state index is 0.268. The molecule has 72 valence electrons. The van der Waals surface area contributed by atoms with E-state index in [2.05, 4.69) is 25.7 Å². The molecule has 1 heterocycles. The maximum absolute atomic E-state index is 9.15. The van der Waals surface area contributed by atoms with Gasteiger partial charge in [0.15, 0.2) is 0 Å². The molecular weight excluding hydrogens is 150 g/mol. The zero-order valence-corrected chi connectivity index (χ0v) is 8.51. The van der Waals surface area contributed by atoms with Gasteiger partial charge in [-0.2, -0.15) is 0 Å². The summed E-state index contributed by atoms with van der Waals surface area (Å²) in [6.45, 7) is 8.23. The Kier molecular flexibility index (Phi) is 3.13. The van der Waals surface area contributed by atoms with Crippen LogP contribution in [0.5, 0.6) is 0 Å². The first-order valence-electron chi connectivity index (χ1n) is 4.99. The minimum atomic E-state index is 0.268. The summed E-state index contributed by atoms with van der Waals surface area (Å²) < 4.78 is 0. The van der Waals surface area contributed by atoms with Crippen molar-refractivity contribution < 1.29 is 5.11 Å². The van der Waals surface area contributed by atoms with Gasteiger partial charge in [-0.15, -0.1) is 0 Å². The monoisotopic (exact) mass is 171 g/mol. The summed E-state index contributed by atoms with van der Waals surface area (Å²) in [5, 5.41) is 9.15. The van der Waals surface area contributed by atoms with E-state index < -0.39 is 0 Å². The highest BCUT2D eigenvalue weighted by Gasteiger charge is 2.33. The van der Waals surface area contributed by atoms with Gasteiger partial charge in [-0.3, -0.25) is 4.90 Å². The van der Waals surface area contributed by atoms with E-state index in [4.69, 9.17) is 5.11 Å². The van der Waals surface area contributed by atoms with Crippen molar-refractivity contribution in [2.45, 2.75) is 51.6 Å². The van der Waals surface area contributed by atoms with Crippen molar-refractivity contribution in [3.8, 4) is 0 Å². The molecule has 0 saturated carbocycles. The third-order valence-corrected chi connectivity index (χ3v) is 3.23. The Morgan fingerprint density at radius 1 is 1.50 bits per heavy atom. The number of rotatable bonds is 3. The van der Waals surface area contributed by atoms with Crippen LogP contribution in [0.1, 0.15) is 40.0 Å². The first-order chi connectivity index (χ1) is 5.61. The Labute approximate surface area is 75.6 Å². The second-order valence-electron chi connectivity index (χ2n) is 4.34. The number of nitrogens with zero attached hydrogens (tertiary/aromatic N) is 1. The lowest BCUT2D eigenvalue weighted by atomic mass is 9.98. The van der Waals surface area contributed by atoms with E-state index in [-0.39, 0.29) is 5.54 Å². The van der Waals surface area contributed by atoms with Crippen LogP contribution in [0.25, 0.3) is 0 Å². The van der Waals surface area contributed by atoms with Crippen molar-refractivity contribution in [2.24, 2.45) is 0 Å². The van der Waals surface area contributed by atoms with E-state index in [1.54, 1.807) is 0 Å². The highest BCUT2D eigenvalue weighted by atomic mass is 16.3. The molecule has 1 fully saturated rings. The highest BCUT2D eigenvalue weighted by Crippen LogP contribution is 2.28. The summed E-state index contributed by atoms with van der Waals surface area (Å²) >= 11 is 0. The van der Waals surface area contributed by atoms with E-state index in [0.29, 0.717) is 12.6 Å². The van der Waals surface area contributed by atoms with Crippen LogP contribution in [0.3, 0.4) is 0 Å². The third-order valence-electron chi connectivity index (χ3n) is 3.23. The number of aliphatic hydroxyl groups is 1. The number of hydrogen-bond donors (Lipinski definition) is 1. The number of likely N-dealkylation sites (tertiary alicyclic amines) is 1. The summed E-state index contributed by atoms with van der Waals surface area (Å²) in [7, 11) is 0. The fourth-order valence-corrected chi connectivity index (χ4v) is 2.03. The SMILES string of the molecule is CCC(C)(C)N1CCC[C@@H]1CO. The van der Waals surface area contributed by atoms with E-state index in [9.17, 15) is 0 Å². The molecule has 0 aromatic carbocycles. The van der Waals surface area contributed by atoms with Crippen LogP contribution in [-0.2, 0) is 0 Å². The molecule has 0 bridgehead atoms. The Hall–Kier alpha value is -0.0800. The Bertz CT molecular complexity index is 145. The molecule has 1 N–H and O–H groups in total. The fourth-order valence-electron chi connectivity index (χ4n) is 2.03. The average molecular weight is 171 g/mol. The summed E-state index contributed by atoms with van der Waals surface area (Å²) in [4.78, 5) is 2.45. The topological polar surface area (TPSA) is 23.5 Å². The van der Waals surface area contributed by atoms with Crippen LogP contribution in [0, 0.1) is 0 Å². The second-order valence-corrected chi connectivity index (χ2v) is 4.34. The first-order valence-corrected chi connectivity index (χ1v) is 4.99. The van der Waals surface area contributed by atoms with E-state index in [0.717, 1.165) is 13.0 Å². The van der Waals surface area contributed by atoms with Gasteiger partial charge in [0, 0.05) is 11.6 Å². The molecule has 1 atom stereocenters. The molecule has 0 unspecified atom stereocenters. The van der Waals surface area contributed by atoms with Gasteiger partial charge < -0.3 is 5.11 Å². The van der Waals surface area contributed by atoms with Gasteiger partial charge in [0.2, 0.25) is 0 Å². The van der Waals surface area contributed by atoms with Crippen molar-refractivity contribution in [3.63, 3.8) is 0 Å². The highest BCUT2D eigenvalue weighted by molar-refractivity contribution is 4.89. The maximum atomic E-state index is 9.15. The van der Waals surface area contributed by atoms with Crippen molar-refractivity contribution in [3.05, 3.63) is 0 Å². The van der Waals surface area contributed by atoms with Gasteiger partial charge in [-0.25, -0.2) is 0 Å². The largest absolute Gasteiger partial charge is 0.395 e. The standard InChI is InChI=1S/C10H21NO/c1-4-10(2,3)11-7-5-6-9(11)8-12/h9,12H,4-8H2,1-3H3/t9-/m1/s1. The Balaban J connectivity index is 2.60. The van der Waals surface area contributed by atoms with Crippen LogP contribution in [0.4, 0.5) is 0 Å². The summed E-state index contributed by atoms with van der Waals surface area (Å²) in [5.41, 5.74) is 0.268. The van der Waals surface area contributed by atoms with Crippen molar-refractivity contribution in [1.29, 1.82) is 0 Å². The van der Waals surface area contributed by atoms with Crippen LogP contribution >= 0.6 is 0 Å². The molecule has 0 aliphatic carbocycles. The zero-order chi connectivity index (χ0) is 9.19. The van der Waals surface area contributed by atoms with Crippen molar-refractivity contribution >= 4 is 0 Å². The normalized spacial score (nSPS) is 26.5. The molecule has 12 heavy (non-hydrogen) atoms. The molecule has 2 heteroatoms. The van der Waals surface area contributed by atoms with E-state index >= 15 is 0 Å². The lowest BCUT2D eigenvalue weighted by Gasteiger charge is -2.38. The second kappa shape index (κ2) is 3.75. The molecule has 1 aliphatic heterocycles. The maximum Gasteiger partial charge on any atom is 0.0587 e. The molecule has 0 spiro atoms. The van der Waals surface area contributed by atoms with Gasteiger partial charge >= 0.3 is 0 Å². The third kappa shape index (κ3) is 1.80. The molecule has 2 nitrogen and oxygen atoms in total. The Morgan fingerprint density at radius 2 is 2.17 bits per heavy atom. The summed E-state index contributed by atoms with van der Waals surface area (Å²) in [6.07, 6.45) is 3.57. The van der Waals surface area contributed by atoms with Gasteiger partial charge in [-0.05, 0) is 39.7 Å². The molecule has 1 aliphatic rings. The smallest absolute Gasteiger partial charge is 0.0587 e. The van der Waals surface area contributed by atoms with E-state index in [1.807, 2.05) is 0 Å². The molecule has 0 amide bonds. The predicted octanol–water partition coefficient (Wildman–Crippen LogP) is 1.63. The van der Waals surface area contributed by atoms with Gasteiger partial charge in [0.25, 0.3) is 0 Å². The van der Waals surface area contributed by atoms with Gasteiger partial charge in [0.1, 0.15) is 0 Å². The summed E-state index contributed by atoms with van der Waals surface area (Å²) in [6, 6.07) is 0.417. The van der Waals surface area contributed by atoms with Crippen LogP contribution in [-0.4, -0.2) is 34.7 Å². The van der Waals surface area contributed by atoms with Crippen molar-refractivity contribution in [1.82, 2.24) is 4.90 Å². The first kappa shape index (κ1) is 10.0. The van der Waals surface area contributed by atoms with Crippen LogP contribution in [0.2, 0.25) is 0 Å². The lowest BCUT2D eigenvalue weighted by molar-refractivity contribution is 0.0663. The van der Waals surface area contributed by atoms with Crippen LogP contribution < -0.4 is 0 Å². The van der Waals surface area contributed by atoms with Gasteiger partial charge in [0.05, 0.1) is 6.61 Å². The quantitative estimate of drug-likeness (QED) is 0.697. The molecular formula is C10H21NO.